The van der Waals surface area contributed by atoms with Gasteiger partial charge in [-0.2, -0.15) is 5.10 Å². The SMILES string of the molecule is C=CC(=NN(C)C)C(OCC)OCC. The first kappa shape index (κ1) is 13.1. The van der Waals surface area contributed by atoms with Crippen LogP contribution in [0.25, 0.3) is 0 Å². The van der Waals surface area contributed by atoms with Crippen LogP contribution in [0.3, 0.4) is 0 Å². The van der Waals surface area contributed by atoms with Crippen LogP contribution in [-0.2, 0) is 9.47 Å². The third kappa shape index (κ3) is 4.99. The summed E-state index contributed by atoms with van der Waals surface area (Å²) in [6.45, 7) is 8.70. The Labute approximate surface area is 86.2 Å². The molecule has 0 N–H and O–H groups in total. The summed E-state index contributed by atoms with van der Waals surface area (Å²) in [5, 5.41) is 5.91. The van der Waals surface area contributed by atoms with E-state index in [1.54, 1.807) is 11.1 Å². The lowest BCUT2D eigenvalue weighted by Crippen LogP contribution is -2.28. The highest BCUT2D eigenvalue weighted by atomic mass is 16.7. The van der Waals surface area contributed by atoms with Gasteiger partial charge in [0, 0.05) is 27.3 Å². The van der Waals surface area contributed by atoms with E-state index in [0.717, 1.165) is 0 Å². The Hall–Kier alpha value is -0.870. The molecule has 82 valence electrons. The van der Waals surface area contributed by atoms with Crippen LogP contribution < -0.4 is 0 Å². The van der Waals surface area contributed by atoms with Crippen LogP contribution in [0.15, 0.2) is 17.8 Å². The number of nitrogens with zero attached hydrogens (tertiary/aromatic N) is 2. The van der Waals surface area contributed by atoms with E-state index in [9.17, 15) is 0 Å². The number of ether oxygens (including phenoxy) is 2. The Balaban J connectivity index is 4.48. The van der Waals surface area contributed by atoms with E-state index >= 15 is 0 Å². The molecule has 0 saturated carbocycles. The van der Waals surface area contributed by atoms with Gasteiger partial charge in [-0.1, -0.05) is 6.58 Å². The van der Waals surface area contributed by atoms with E-state index in [0.29, 0.717) is 18.9 Å². The molecule has 0 rings (SSSR count). The summed E-state index contributed by atoms with van der Waals surface area (Å²) in [4.78, 5) is 0. The van der Waals surface area contributed by atoms with E-state index < -0.39 is 6.29 Å². The average molecular weight is 200 g/mol. The number of hydrogen-bond donors (Lipinski definition) is 0. The van der Waals surface area contributed by atoms with Crippen molar-refractivity contribution in [2.24, 2.45) is 5.10 Å². The van der Waals surface area contributed by atoms with Gasteiger partial charge in [-0.3, -0.25) is 0 Å². The summed E-state index contributed by atoms with van der Waals surface area (Å²) < 4.78 is 10.8. The van der Waals surface area contributed by atoms with Crippen LogP contribution in [0.1, 0.15) is 13.8 Å². The van der Waals surface area contributed by atoms with E-state index in [1.807, 2.05) is 27.9 Å². The van der Waals surface area contributed by atoms with E-state index in [4.69, 9.17) is 9.47 Å². The van der Waals surface area contributed by atoms with Gasteiger partial charge >= 0.3 is 0 Å². The first-order valence-electron chi connectivity index (χ1n) is 4.77. The van der Waals surface area contributed by atoms with Crippen LogP contribution in [0.4, 0.5) is 0 Å². The molecule has 0 aliphatic carbocycles. The fraction of sp³-hybridized carbons (Fsp3) is 0.700. The molecule has 0 radical (unpaired) electrons. The fourth-order valence-corrected chi connectivity index (χ4v) is 0.937. The summed E-state index contributed by atoms with van der Waals surface area (Å²) in [6, 6.07) is 0. The second-order valence-electron chi connectivity index (χ2n) is 2.82. The lowest BCUT2D eigenvalue weighted by atomic mass is 10.3. The van der Waals surface area contributed by atoms with Gasteiger partial charge in [0.05, 0.1) is 0 Å². The Morgan fingerprint density at radius 2 is 1.86 bits per heavy atom. The number of rotatable bonds is 7. The van der Waals surface area contributed by atoms with Crippen LogP contribution in [0, 0.1) is 0 Å². The maximum atomic E-state index is 5.39. The minimum absolute atomic E-state index is 0.412. The minimum atomic E-state index is -0.412. The van der Waals surface area contributed by atoms with Crippen LogP contribution in [0.2, 0.25) is 0 Å². The molecule has 0 aliphatic heterocycles. The zero-order valence-corrected chi connectivity index (χ0v) is 9.49. The third-order valence-corrected chi connectivity index (χ3v) is 1.40. The zero-order chi connectivity index (χ0) is 11.0. The second kappa shape index (κ2) is 7.53. The molecule has 0 heterocycles. The van der Waals surface area contributed by atoms with Gasteiger partial charge in [0.25, 0.3) is 0 Å². The molecule has 0 aromatic rings. The molecule has 0 unspecified atom stereocenters. The van der Waals surface area contributed by atoms with Crippen LogP contribution in [-0.4, -0.2) is 44.3 Å². The largest absolute Gasteiger partial charge is 0.347 e. The van der Waals surface area contributed by atoms with Crippen molar-refractivity contribution in [1.29, 1.82) is 0 Å². The van der Waals surface area contributed by atoms with E-state index in [2.05, 4.69) is 11.7 Å². The van der Waals surface area contributed by atoms with E-state index in [1.165, 1.54) is 0 Å². The highest BCUT2D eigenvalue weighted by Crippen LogP contribution is 2.01. The lowest BCUT2D eigenvalue weighted by Gasteiger charge is -2.18. The molecule has 0 aliphatic rings. The average Bonchev–Trinajstić information content (AvgIpc) is 2.13. The third-order valence-electron chi connectivity index (χ3n) is 1.40. The Morgan fingerprint density at radius 1 is 1.36 bits per heavy atom. The van der Waals surface area contributed by atoms with E-state index in [-0.39, 0.29) is 0 Å². The van der Waals surface area contributed by atoms with Crippen molar-refractivity contribution in [3.63, 3.8) is 0 Å². The number of hydrogen-bond acceptors (Lipinski definition) is 4. The molecule has 4 nitrogen and oxygen atoms in total. The maximum Gasteiger partial charge on any atom is 0.202 e. The summed E-state index contributed by atoms with van der Waals surface area (Å²) in [6.07, 6.45) is 1.24. The molecule has 0 aromatic heterocycles. The van der Waals surface area contributed by atoms with Gasteiger partial charge in [0.2, 0.25) is 6.29 Å². The predicted molar refractivity (Wildman–Crippen MR) is 58.4 cm³/mol. The normalized spacial score (nSPS) is 11.9. The molecule has 14 heavy (non-hydrogen) atoms. The van der Waals surface area contributed by atoms with Crippen LogP contribution >= 0.6 is 0 Å². The summed E-state index contributed by atoms with van der Waals surface area (Å²) in [5.74, 6) is 0. The van der Waals surface area contributed by atoms with Crippen molar-refractivity contribution in [3.8, 4) is 0 Å². The van der Waals surface area contributed by atoms with Gasteiger partial charge < -0.3 is 14.5 Å². The first-order valence-corrected chi connectivity index (χ1v) is 4.77. The maximum absolute atomic E-state index is 5.39. The molecule has 0 fully saturated rings. The minimum Gasteiger partial charge on any atom is -0.347 e. The van der Waals surface area contributed by atoms with Crippen molar-refractivity contribution in [3.05, 3.63) is 12.7 Å². The Bertz CT molecular complexity index is 185. The summed E-state index contributed by atoms with van der Waals surface area (Å²) in [5.41, 5.74) is 0.693. The Morgan fingerprint density at radius 3 is 2.14 bits per heavy atom. The molecule has 0 saturated heterocycles. The van der Waals surface area contributed by atoms with Crippen molar-refractivity contribution in [1.82, 2.24) is 5.01 Å². The predicted octanol–water partition coefficient (Wildman–Crippen LogP) is 1.49. The molecule has 0 spiro atoms. The quantitative estimate of drug-likeness (QED) is 0.355. The molecule has 0 bridgehead atoms. The van der Waals surface area contributed by atoms with Crippen molar-refractivity contribution >= 4 is 5.71 Å². The summed E-state index contributed by atoms with van der Waals surface area (Å²) >= 11 is 0. The monoisotopic (exact) mass is 200 g/mol. The topological polar surface area (TPSA) is 34.1 Å². The van der Waals surface area contributed by atoms with Gasteiger partial charge in [-0.25, -0.2) is 0 Å². The molecular weight excluding hydrogens is 180 g/mol. The van der Waals surface area contributed by atoms with Gasteiger partial charge in [0.15, 0.2) is 0 Å². The van der Waals surface area contributed by atoms with Crippen LogP contribution in [0.5, 0.6) is 0 Å². The van der Waals surface area contributed by atoms with Crippen molar-refractivity contribution in [2.45, 2.75) is 20.1 Å². The summed E-state index contributed by atoms with van der Waals surface area (Å²) in [7, 11) is 3.69. The van der Waals surface area contributed by atoms with Gasteiger partial charge in [0.1, 0.15) is 5.71 Å². The standard InChI is InChI=1S/C10H20N2O2/c1-6-9(11-12(4)5)10(13-7-2)14-8-3/h6,10H,1,7-8H2,2-5H3. The molecular formula is C10H20N2O2. The van der Waals surface area contributed by atoms with Gasteiger partial charge in [-0.15, -0.1) is 0 Å². The van der Waals surface area contributed by atoms with Crippen molar-refractivity contribution in [2.75, 3.05) is 27.3 Å². The smallest absolute Gasteiger partial charge is 0.202 e. The fourth-order valence-electron chi connectivity index (χ4n) is 0.937. The molecule has 4 heteroatoms. The first-order chi connectivity index (χ1) is 6.65. The molecule has 0 amide bonds. The highest BCUT2D eigenvalue weighted by Gasteiger charge is 2.13. The molecule has 0 atom stereocenters. The molecule has 0 aromatic carbocycles. The van der Waals surface area contributed by atoms with Crippen molar-refractivity contribution < 1.29 is 9.47 Å². The lowest BCUT2D eigenvalue weighted by molar-refractivity contribution is -0.0899. The Kier molecular flexibility index (Phi) is 7.06. The second-order valence-corrected chi connectivity index (χ2v) is 2.82. The number of hydrazone groups is 1. The van der Waals surface area contributed by atoms with Gasteiger partial charge in [-0.05, 0) is 19.9 Å². The highest BCUT2D eigenvalue weighted by molar-refractivity contribution is 5.97. The zero-order valence-electron chi connectivity index (χ0n) is 9.49.